The van der Waals surface area contributed by atoms with E-state index in [4.69, 9.17) is 27.9 Å². The molecule has 4 rings (SSSR count). The van der Waals surface area contributed by atoms with Gasteiger partial charge in [0.2, 0.25) is 0 Å². The number of carbonyl (C=O) groups is 1. The summed E-state index contributed by atoms with van der Waals surface area (Å²) in [7, 11) is 0. The lowest BCUT2D eigenvalue weighted by Gasteiger charge is -2.43. The summed E-state index contributed by atoms with van der Waals surface area (Å²) >= 11 is 12.0. The van der Waals surface area contributed by atoms with E-state index in [2.05, 4.69) is 19.9 Å². The summed E-state index contributed by atoms with van der Waals surface area (Å²) < 4.78 is 5.62. The number of halogens is 2. The predicted octanol–water partition coefficient (Wildman–Crippen LogP) is 4.30. The minimum atomic E-state index is -0.700. The van der Waals surface area contributed by atoms with E-state index in [0.29, 0.717) is 28.3 Å². The van der Waals surface area contributed by atoms with Gasteiger partial charge in [0.05, 0.1) is 11.1 Å². The summed E-state index contributed by atoms with van der Waals surface area (Å²) in [5, 5.41) is 10.9. The number of nitrogens with zero attached hydrogens (tertiary/aromatic N) is 2. The lowest BCUT2D eigenvalue weighted by atomic mass is 9.66. The zero-order valence-corrected chi connectivity index (χ0v) is 15.8. The molecule has 0 aromatic heterocycles. The summed E-state index contributed by atoms with van der Waals surface area (Å²) in [6.07, 6.45) is 2.95. The van der Waals surface area contributed by atoms with Crippen LogP contribution >= 0.6 is 23.2 Å². The topological polar surface area (TPSA) is 53.3 Å². The molecule has 2 aliphatic carbocycles. The SMILES string of the molecule is C[C@@]12CC[C@H]3C[C@@]1(C#N)N(C(=O)COc1ccc(Cl)cc1Cl)C[C@@]32C. The van der Waals surface area contributed by atoms with Crippen LogP contribution in [0.15, 0.2) is 18.2 Å². The molecule has 132 valence electrons. The second kappa shape index (κ2) is 5.28. The Bertz CT molecular complexity index is 807. The molecule has 1 aromatic carbocycles. The Balaban J connectivity index is 1.55. The highest BCUT2D eigenvalue weighted by molar-refractivity contribution is 6.35. The van der Waals surface area contributed by atoms with Crippen molar-refractivity contribution in [1.82, 2.24) is 4.90 Å². The maximum Gasteiger partial charge on any atom is 0.261 e. The zero-order chi connectivity index (χ0) is 18.0. The van der Waals surface area contributed by atoms with Crippen LogP contribution in [-0.4, -0.2) is 29.5 Å². The first-order chi connectivity index (χ1) is 11.8. The van der Waals surface area contributed by atoms with Gasteiger partial charge in [-0.05, 0) is 48.8 Å². The highest BCUT2D eigenvalue weighted by Crippen LogP contribution is 2.75. The van der Waals surface area contributed by atoms with Crippen molar-refractivity contribution in [1.29, 1.82) is 5.26 Å². The largest absolute Gasteiger partial charge is 0.482 e. The minimum Gasteiger partial charge on any atom is -0.482 e. The third-order valence-electron chi connectivity index (χ3n) is 7.29. The van der Waals surface area contributed by atoms with Crippen molar-refractivity contribution >= 4 is 29.1 Å². The van der Waals surface area contributed by atoms with Gasteiger partial charge in [-0.2, -0.15) is 5.26 Å². The monoisotopic (exact) mass is 378 g/mol. The van der Waals surface area contributed by atoms with E-state index in [1.165, 1.54) is 0 Å². The standard InChI is InChI=1S/C19H20Cl2N2O2/c1-17-11-23(19(10-22)8-12(17)5-6-18(17,19)2)16(24)9-25-15-4-3-13(20)7-14(15)21/h3-4,7,12H,5-6,8-9,11H2,1-2H3/t12-,17-,18-,19-/m0/s1. The second-order valence-corrected chi connectivity index (χ2v) is 8.85. The fraction of sp³-hybridized carbons (Fsp3) is 0.579. The van der Waals surface area contributed by atoms with Gasteiger partial charge in [0, 0.05) is 17.0 Å². The Morgan fingerprint density at radius 2 is 2.20 bits per heavy atom. The maximum absolute atomic E-state index is 12.9. The van der Waals surface area contributed by atoms with Gasteiger partial charge in [-0.15, -0.1) is 0 Å². The van der Waals surface area contributed by atoms with Crippen molar-refractivity contribution in [3.63, 3.8) is 0 Å². The van der Waals surface area contributed by atoms with Gasteiger partial charge >= 0.3 is 0 Å². The lowest BCUT2D eigenvalue weighted by molar-refractivity contribution is -0.139. The van der Waals surface area contributed by atoms with Crippen LogP contribution in [0.2, 0.25) is 10.0 Å². The minimum absolute atomic E-state index is 0.0241. The molecule has 4 nitrogen and oxygen atoms in total. The van der Waals surface area contributed by atoms with Crippen LogP contribution in [-0.2, 0) is 4.79 Å². The molecule has 0 spiro atoms. The van der Waals surface area contributed by atoms with Crippen LogP contribution in [0.1, 0.15) is 33.1 Å². The zero-order valence-electron chi connectivity index (χ0n) is 14.3. The number of piperidine rings is 1. The normalized spacial score (nSPS) is 38.0. The van der Waals surface area contributed by atoms with Gasteiger partial charge < -0.3 is 9.64 Å². The van der Waals surface area contributed by atoms with Crippen LogP contribution in [0.4, 0.5) is 0 Å². The Kier molecular flexibility index (Phi) is 3.59. The van der Waals surface area contributed by atoms with E-state index >= 15 is 0 Å². The molecule has 25 heavy (non-hydrogen) atoms. The first-order valence-electron chi connectivity index (χ1n) is 8.57. The van der Waals surface area contributed by atoms with Crippen molar-refractivity contribution < 1.29 is 9.53 Å². The summed E-state index contributed by atoms with van der Waals surface area (Å²) in [5.74, 6) is 0.810. The number of rotatable bonds is 3. The van der Waals surface area contributed by atoms with Gasteiger partial charge in [0.1, 0.15) is 11.3 Å². The molecule has 4 bridgehead atoms. The molecule has 4 atom stereocenters. The first-order valence-corrected chi connectivity index (χ1v) is 9.33. The van der Waals surface area contributed by atoms with E-state index in [0.717, 1.165) is 19.3 Å². The van der Waals surface area contributed by atoms with Crippen LogP contribution in [0.25, 0.3) is 0 Å². The fourth-order valence-corrected chi connectivity index (χ4v) is 6.08. The average Bonchev–Trinajstić information content (AvgIpc) is 3.02. The molecule has 1 saturated heterocycles. The van der Waals surface area contributed by atoms with Crippen molar-refractivity contribution in [3.05, 3.63) is 28.2 Å². The summed E-state index contributed by atoms with van der Waals surface area (Å²) in [5.41, 5.74) is -0.807. The van der Waals surface area contributed by atoms with E-state index in [1.54, 1.807) is 23.1 Å². The number of amides is 1. The van der Waals surface area contributed by atoms with Gasteiger partial charge in [-0.25, -0.2) is 0 Å². The molecule has 2 saturated carbocycles. The fourth-order valence-electron chi connectivity index (χ4n) is 5.62. The molecule has 0 N–H and O–H groups in total. The van der Waals surface area contributed by atoms with E-state index < -0.39 is 5.54 Å². The van der Waals surface area contributed by atoms with Crippen molar-refractivity contribution in [2.24, 2.45) is 16.7 Å². The smallest absolute Gasteiger partial charge is 0.261 e. The highest BCUT2D eigenvalue weighted by atomic mass is 35.5. The average molecular weight is 379 g/mol. The molecule has 6 heteroatoms. The first kappa shape index (κ1) is 17.0. The molecule has 3 fully saturated rings. The molecule has 1 amide bonds. The quantitative estimate of drug-likeness (QED) is 0.787. The second-order valence-electron chi connectivity index (χ2n) is 8.00. The van der Waals surface area contributed by atoms with Gasteiger partial charge in [-0.1, -0.05) is 37.0 Å². The van der Waals surface area contributed by atoms with E-state index in [-0.39, 0.29) is 23.3 Å². The van der Waals surface area contributed by atoms with Crippen molar-refractivity contribution in [3.8, 4) is 11.8 Å². The third-order valence-corrected chi connectivity index (χ3v) is 7.82. The Morgan fingerprint density at radius 1 is 1.44 bits per heavy atom. The lowest BCUT2D eigenvalue weighted by Crippen LogP contribution is -2.55. The molecule has 1 aliphatic heterocycles. The maximum atomic E-state index is 12.9. The van der Waals surface area contributed by atoms with E-state index in [1.807, 2.05) is 0 Å². The van der Waals surface area contributed by atoms with Gasteiger partial charge in [0.25, 0.3) is 5.91 Å². The molecule has 0 unspecified atom stereocenters. The summed E-state index contributed by atoms with van der Waals surface area (Å²) in [6.45, 7) is 4.95. The highest BCUT2D eigenvalue weighted by Gasteiger charge is 2.78. The molecule has 1 heterocycles. The van der Waals surface area contributed by atoms with Crippen molar-refractivity contribution in [2.75, 3.05) is 13.2 Å². The van der Waals surface area contributed by atoms with E-state index in [9.17, 15) is 10.1 Å². The Labute approximate surface area is 157 Å². The number of benzene rings is 1. The van der Waals surface area contributed by atoms with Crippen LogP contribution < -0.4 is 4.74 Å². The molecule has 3 aliphatic rings. The number of ether oxygens (including phenoxy) is 1. The van der Waals surface area contributed by atoms with Crippen LogP contribution in [0, 0.1) is 28.1 Å². The number of likely N-dealkylation sites (tertiary alicyclic amines) is 1. The number of nitriles is 1. The number of carbonyl (C=O) groups excluding carboxylic acids is 1. The summed E-state index contributed by atoms with van der Waals surface area (Å²) in [6, 6.07) is 7.42. The number of hydrogen-bond acceptors (Lipinski definition) is 3. The Morgan fingerprint density at radius 3 is 2.84 bits per heavy atom. The summed E-state index contributed by atoms with van der Waals surface area (Å²) in [4.78, 5) is 14.7. The Hall–Kier alpha value is -1.44. The molecule has 1 aromatic rings. The molecule has 0 radical (unpaired) electrons. The predicted molar refractivity (Wildman–Crippen MR) is 95.6 cm³/mol. The van der Waals surface area contributed by atoms with Gasteiger partial charge in [-0.3, -0.25) is 4.79 Å². The molecular formula is C19H20Cl2N2O2. The van der Waals surface area contributed by atoms with Crippen molar-refractivity contribution in [2.45, 2.75) is 38.6 Å². The van der Waals surface area contributed by atoms with Crippen LogP contribution in [0.3, 0.4) is 0 Å². The number of hydrogen-bond donors (Lipinski definition) is 0. The van der Waals surface area contributed by atoms with Crippen LogP contribution in [0.5, 0.6) is 5.75 Å². The molecular weight excluding hydrogens is 359 g/mol. The third kappa shape index (κ3) is 1.97. The van der Waals surface area contributed by atoms with Gasteiger partial charge in [0.15, 0.2) is 6.61 Å².